The SMILES string of the molecule is Nc1cc(B(O)O)ccc1CO. The molecule has 0 aromatic heterocycles. The van der Waals surface area contributed by atoms with E-state index < -0.39 is 7.12 Å². The average Bonchev–Trinajstić information content (AvgIpc) is 2.04. The number of benzene rings is 1. The predicted molar refractivity (Wildman–Crippen MR) is 46.6 cm³/mol. The molecule has 64 valence electrons. The van der Waals surface area contributed by atoms with E-state index in [2.05, 4.69) is 0 Å². The van der Waals surface area contributed by atoms with Crippen LogP contribution in [0.5, 0.6) is 0 Å². The molecule has 0 fully saturated rings. The number of nitrogen functional groups attached to an aromatic ring is 1. The van der Waals surface area contributed by atoms with Gasteiger partial charge in [-0.2, -0.15) is 0 Å². The highest BCUT2D eigenvalue weighted by molar-refractivity contribution is 6.58. The van der Waals surface area contributed by atoms with E-state index in [1.807, 2.05) is 0 Å². The third-order valence-corrected chi connectivity index (χ3v) is 1.64. The Bertz CT molecular complexity index is 277. The second-order valence-electron chi connectivity index (χ2n) is 2.49. The predicted octanol–water partition coefficient (Wildman–Crippen LogP) is -1.56. The van der Waals surface area contributed by atoms with Crippen LogP contribution in [0.15, 0.2) is 18.2 Å². The zero-order valence-corrected chi connectivity index (χ0v) is 6.44. The van der Waals surface area contributed by atoms with E-state index in [0.29, 0.717) is 16.7 Å². The molecule has 0 saturated carbocycles. The highest BCUT2D eigenvalue weighted by atomic mass is 16.4. The van der Waals surface area contributed by atoms with Crippen LogP contribution in [0.4, 0.5) is 5.69 Å². The number of aliphatic hydroxyl groups excluding tert-OH is 1. The van der Waals surface area contributed by atoms with Crippen LogP contribution in [0.1, 0.15) is 5.56 Å². The summed E-state index contributed by atoms with van der Waals surface area (Å²) in [6, 6.07) is 4.49. The quantitative estimate of drug-likeness (QED) is 0.317. The van der Waals surface area contributed by atoms with Crippen molar-refractivity contribution in [3.05, 3.63) is 23.8 Å². The van der Waals surface area contributed by atoms with Crippen molar-refractivity contribution in [3.63, 3.8) is 0 Å². The Hall–Kier alpha value is -1.04. The van der Waals surface area contributed by atoms with Crippen LogP contribution in [0.3, 0.4) is 0 Å². The summed E-state index contributed by atoms with van der Waals surface area (Å²) in [5.74, 6) is 0. The van der Waals surface area contributed by atoms with Crippen LogP contribution in [0.2, 0.25) is 0 Å². The Kier molecular flexibility index (Phi) is 2.70. The number of hydrogen-bond donors (Lipinski definition) is 4. The fourth-order valence-electron chi connectivity index (χ4n) is 0.918. The molecule has 0 aliphatic heterocycles. The van der Waals surface area contributed by atoms with Crippen molar-refractivity contribution in [2.75, 3.05) is 5.73 Å². The van der Waals surface area contributed by atoms with Gasteiger partial charge in [-0.05, 0) is 11.5 Å². The third-order valence-electron chi connectivity index (χ3n) is 1.64. The summed E-state index contributed by atoms with van der Waals surface area (Å²) >= 11 is 0. The Morgan fingerprint density at radius 2 is 2.00 bits per heavy atom. The maximum absolute atomic E-state index is 8.75. The van der Waals surface area contributed by atoms with Crippen molar-refractivity contribution in [1.29, 1.82) is 0 Å². The minimum atomic E-state index is -1.51. The van der Waals surface area contributed by atoms with E-state index in [1.54, 1.807) is 6.07 Å². The summed E-state index contributed by atoms with van der Waals surface area (Å²) in [6.45, 7) is -0.145. The molecule has 0 unspecified atom stereocenters. The molecule has 0 aliphatic carbocycles. The lowest BCUT2D eigenvalue weighted by molar-refractivity contribution is 0.282. The summed E-state index contributed by atoms with van der Waals surface area (Å²) in [6.07, 6.45) is 0. The van der Waals surface area contributed by atoms with E-state index in [1.165, 1.54) is 12.1 Å². The first kappa shape index (κ1) is 9.06. The van der Waals surface area contributed by atoms with Crippen LogP contribution in [-0.2, 0) is 6.61 Å². The maximum Gasteiger partial charge on any atom is 0.488 e. The van der Waals surface area contributed by atoms with Gasteiger partial charge in [-0.15, -0.1) is 0 Å². The average molecular weight is 167 g/mol. The van der Waals surface area contributed by atoms with Gasteiger partial charge < -0.3 is 20.9 Å². The molecular formula is C7H10BNO3. The molecular weight excluding hydrogens is 157 g/mol. The molecule has 0 radical (unpaired) electrons. The molecule has 1 rings (SSSR count). The molecule has 5 heteroatoms. The largest absolute Gasteiger partial charge is 0.488 e. The minimum Gasteiger partial charge on any atom is -0.423 e. The molecule has 4 nitrogen and oxygen atoms in total. The topological polar surface area (TPSA) is 86.7 Å². The summed E-state index contributed by atoms with van der Waals surface area (Å²) in [4.78, 5) is 0. The van der Waals surface area contributed by atoms with Crippen LogP contribution in [0.25, 0.3) is 0 Å². The summed E-state index contributed by atoms with van der Waals surface area (Å²) < 4.78 is 0. The zero-order chi connectivity index (χ0) is 9.14. The highest BCUT2D eigenvalue weighted by Crippen LogP contribution is 2.08. The van der Waals surface area contributed by atoms with Crippen molar-refractivity contribution < 1.29 is 15.2 Å². The van der Waals surface area contributed by atoms with E-state index >= 15 is 0 Å². The molecule has 5 N–H and O–H groups in total. The molecule has 0 spiro atoms. The van der Waals surface area contributed by atoms with Gasteiger partial charge in [0.25, 0.3) is 0 Å². The van der Waals surface area contributed by atoms with Crippen molar-refractivity contribution >= 4 is 18.3 Å². The van der Waals surface area contributed by atoms with Crippen LogP contribution in [-0.4, -0.2) is 22.3 Å². The van der Waals surface area contributed by atoms with E-state index in [4.69, 9.17) is 20.9 Å². The monoisotopic (exact) mass is 167 g/mol. The maximum atomic E-state index is 8.75. The van der Waals surface area contributed by atoms with Crippen LogP contribution < -0.4 is 11.2 Å². The van der Waals surface area contributed by atoms with Crippen molar-refractivity contribution in [1.82, 2.24) is 0 Å². The van der Waals surface area contributed by atoms with Crippen LogP contribution >= 0.6 is 0 Å². The van der Waals surface area contributed by atoms with Gasteiger partial charge in [-0.25, -0.2) is 0 Å². The first-order valence-corrected chi connectivity index (χ1v) is 3.50. The van der Waals surface area contributed by atoms with Gasteiger partial charge in [0.05, 0.1) is 6.61 Å². The summed E-state index contributed by atoms with van der Waals surface area (Å²) in [5, 5.41) is 26.2. The minimum absolute atomic E-state index is 0.145. The molecule has 0 saturated heterocycles. The molecule has 0 amide bonds. The first-order chi connectivity index (χ1) is 5.65. The van der Waals surface area contributed by atoms with Gasteiger partial charge >= 0.3 is 7.12 Å². The number of nitrogens with two attached hydrogens (primary N) is 1. The van der Waals surface area contributed by atoms with Gasteiger partial charge in [-0.3, -0.25) is 0 Å². The normalized spacial score (nSPS) is 9.92. The van der Waals surface area contributed by atoms with Crippen LogP contribution in [0, 0.1) is 0 Å². The van der Waals surface area contributed by atoms with E-state index in [0.717, 1.165) is 0 Å². The van der Waals surface area contributed by atoms with Gasteiger partial charge in [-0.1, -0.05) is 12.1 Å². The van der Waals surface area contributed by atoms with Crippen molar-refractivity contribution in [3.8, 4) is 0 Å². The fraction of sp³-hybridized carbons (Fsp3) is 0.143. The smallest absolute Gasteiger partial charge is 0.423 e. The molecule has 1 aromatic carbocycles. The van der Waals surface area contributed by atoms with Gasteiger partial charge in [0.2, 0.25) is 0 Å². The van der Waals surface area contributed by atoms with Gasteiger partial charge in [0.1, 0.15) is 0 Å². The second-order valence-corrected chi connectivity index (χ2v) is 2.49. The molecule has 12 heavy (non-hydrogen) atoms. The van der Waals surface area contributed by atoms with Crippen molar-refractivity contribution in [2.24, 2.45) is 0 Å². The Balaban J connectivity index is 3.02. The lowest BCUT2D eigenvalue weighted by Gasteiger charge is -2.04. The molecule has 0 heterocycles. The number of rotatable bonds is 2. The highest BCUT2D eigenvalue weighted by Gasteiger charge is 2.11. The van der Waals surface area contributed by atoms with E-state index in [9.17, 15) is 0 Å². The number of aliphatic hydroxyl groups is 1. The van der Waals surface area contributed by atoms with Crippen molar-refractivity contribution in [2.45, 2.75) is 6.61 Å². The number of hydrogen-bond acceptors (Lipinski definition) is 4. The molecule has 1 aromatic rings. The lowest BCUT2D eigenvalue weighted by Crippen LogP contribution is -2.30. The Labute approximate surface area is 70.4 Å². The van der Waals surface area contributed by atoms with E-state index in [-0.39, 0.29) is 6.61 Å². The second kappa shape index (κ2) is 3.58. The summed E-state index contributed by atoms with van der Waals surface area (Å²) in [7, 11) is -1.51. The Morgan fingerprint density at radius 3 is 2.42 bits per heavy atom. The third kappa shape index (κ3) is 1.76. The first-order valence-electron chi connectivity index (χ1n) is 3.50. The molecule has 0 atom stereocenters. The fourth-order valence-corrected chi connectivity index (χ4v) is 0.918. The number of anilines is 1. The Morgan fingerprint density at radius 1 is 1.33 bits per heavy atom. The summed E-state index contributed by atoms with van der Waals surface area (Å²) in [5.41, 5.74) is 6.76. The van der Waals surface area contributed by atoms with Gasteiger partial charge in [0.15, 0.2) is 0 Å². The molecule has 0 bridgehead atoms. The molecule has 0 aliphatic rings. The van der Waals surface area contributed by atoms with Gasteiger partial charge in [0, 0.05) is 11.3 Å². The lowest BCUT2D eigenvalue weighted by atomic mass is 9.80. The zero-order valence-electron chi connectivity index (χ0n) is 6.44. The standard InChI is InChI=1S/C7H10BNO3/c9-7-3-6(8(11)12)2-1-5(7)4-10/h1-3,10-12H,4,9H2.